The third kappa shape index (κ3) is 2.30. The van der Waals surface area contributed by atoms with Gasteiger partial charge in [-0.25, -0.2) is 4.39 Å². The molecule has 1 heterocycles. The predicted molar refractivity (Wildman–Crippen MR) is 52.7 cm³/mol. The summed E-state index contributed by atoms with van der Waals surface area (Å²) in [7, 11) is 0. The molecule has 0 aliphatic carbocycles. The van der Waals surface area contributed by atoms with Crippen LogP contribution in [0.5, 0.6) is 0 Å². The van der Waals surface area contributed by atoms with E-state index in [0.29, 0.717) is 13.0 Å². The fourth-order valence-electron chi connectivity index (χ4n) is 1.68. The molecule has 0 radical (unpaired) electrons. The predicted octanol–water partition coefficient (Wildman–Crippen LogP) is 1.36. The number of benzene rings is 1. The summed E-state index contributed by atoms with van der Waals surface area (Å²) >= 11 is 0. The van der Waals surface area contributed by atoms with E-state index in [0.717, 1.165) is 18.7 Å². The number of halogens is 1. The Bertz CT molecular complexity index is 297. The van der Waals surface area contributed by atoms with E-state index < -0.39 is 0 Å². The average molecular weight is 195 g/mol. The molecule has 1 aliphatic heterocycles. The third-order valence-corrected chi connectivity index (χ3v) is 2.42. The lowest BCUT2D eigenvalue weighted by molar-refractivity contribution is 0.0767. The number of hydrogen-bond acceptors (Lipinski definition) is 2. The third-order valence-electron chi connectivity index (χ3n) is 2.42. The van der Waals surface area contributed by atoms with Gasteiger partial charge in [0.2, 0.25) is 0 Å². The van der Waals surface area contributed by atoms with Crippen LogP contribution in [0.4, 0.5) is 4.39 Å². The molecule has 1 aromatic rings. The van der Waals surface area contributed by atoms with Gasteiger partial charge in [-0.1, -0.05) is 18.2 Å². The van der Waals surface area contributed by atoms with Crippen molar-refractivity contribution in [1.29, 1.82) is 0 Å². The Labute approximate surface area is 83.1 Å². The summed E-state index contributed by atoms with van der Waals surface area (Å²) in [6.07, 6.45) is 0.701. The van der Waals surface area contributed by atoms with Crippen LogP contribution in [0.15, 0.2) is 24.3 Å². The summed E-state index contributed by atoms with van der Waals surface area (Å²) < 4.78 is 18.6. The molecule has 2 rings (SSSR count). The molecular weight excluding hydrogens is 181 g/mol. The van der Waals surface area contributed by atoms with Crippen molar-refractivity contribution in [3.05, 3.63) is 35.6 Å². The summed E-state index contributed by atoms with van der Waals surface area (Å²) in [5.74, 6) is -0.125. The van der Waals surface area contributed by atoms with Crippen molar-refractivity contribution in [2.45, 2.75) is 12.5 Å². The second-order valence-electron chi connectivity index (χ2n) is 3.52. The fourth-order valence-corrected chi connectivity index (χ4v) is 1.68. The summed E-state index contributed by atoms with van der Waals surface area (Å²) in [5.41, 5.74) is 0.760. The Kier molecular flexibility index (Phi) is 3.11. The summed E-state index contributed by atoms with van der Waals surface area (Å²) in [4.78, 5) is 0. The fraction of sp³-hybridized carbons (Fsp3) is 0.455. The first-order valence-electron chi connectivity index (χ1n) is 4.91. The molecule has 1 fully saturated rings. The van der Waals surface area contributed by atoms with Crippen molar-refractivity contribution in [1.82, 2.24) is 5.32 Å². The van der Waals surface area contributed by atoms with E-state index in [9.17, 15) is 4.39 Å². The summed E-state index contributed by atoms with van der Waals surface area (Å²) in [5, 5.41) is 3.30. The Balaban J connectivity index is 1.99. The van der Waals surface area contributed by atoms with E-state index >= 15 is 0 Å². The molecule has 0 amide bonds. The van der Waals surface area contributed by atoms with Gasteiger partial charge in [-0.2, -0.15) is 0 Å². The van der Waals surface area contributed by atoms with Gasteiger partial charge < -0.3 is 10.1 Å². The maximum Gasteiger partial charge on any atom is 0.126 e. The Morgan fingerprint density at radius 3 is 3.00 bits per heavy atom. The molecule has 1 N–H and O–H groups in total. The van der Waals surface area contributed by atoms with Crippen molar-refractivity contribution >= 4 is 0 Å². The van der Waals surface area contributed by atoms with Crippen LogP contribution in [-0.4, -0.2) is 25.8 Å². The first-order chi connectivity index (χ1) is 6.86. The molecule has 3 heteroatoms. The zero-order chi connectivity index (χ0) is 9.80. The van der Waals surface area contributed by atoms with Crippen LogP contribution >= 0.6 is 0 Å². The highest BCUT2D eigenvalue weighted by Crippen LogP contribution is 2.10. The topological polar surface area (TPSA) is 21.3 Å². The number of nitrogens with one attached hydrogen (secondary N) is 1. The highest BCUT2D eigenvalue weighted by molar-refractivity contribution is 5.18. The molecule has 76 valence electrons. The van der Waals surface area contributed by atoms with E-state index in [1.807, 2.05) is 12.1 Å². The SMILES string of the molecule is Fc1ccccc1C[C@@H]1COCCN1. The molecule has 0 spiro atoms. The van der Waals surface area contributed by atoms with E-state index in [2.05, 4.69) is 5.32 Å². The normalized spacial score (nSPS) is 22.2. The van der Waals surface area contributed by atoms with Crippen molar-refractivity contribution in [2.75, 3.05) is 19.8 Å². The van der Waals surface area contributed by atoms with Gasteiger partial charge in [0, 0.05) is 12.6 Å². The van der Waals surface area contributed by atoms with Crippen LogP contribution in [0.3, 0.4) is 0 Å². The Morgan fingerprint density at radius 2 is 2.29 bits per heavy atom. The monoisotopic (exact) mass is 195 g/mol. The maximum atomic E-state index is 13.3. The number of ether oxygens (including phenoxy) is 1. The molecule has 0 saturated carbocycles. The van der Waals surface area contributed by atoms with Crippen LogP contribution in [0.1, 0.15) is 5.56 Å². The Hall–Kier alpha value is -0.930. The highest BCUT2D eigenvalue weighted by Gasteiger charge is 2.14. The smallest absolute Gasteiger partial charge is 0.126 e. The molecular formula is C11H14FNO. The number of rotatable bonds is 2. The second-order valence-corrected chi connectivity index (χ2v) is 3.52. The van der Waals surface area contributed by atoms with Gasteiger partial charge in [0.25, 0.3) is 0 Å². The molecule has 1 saturated heterocycles. The minimum absolute atomic E-state index is 0.125. The van der Waals surface area contributed by atoms with Gasteiger partial charge in [0.15, 0.2) is 0 Å². The molecule has 2 nitrogen and oxygen atoms in total. The van der Waals surface area contributed by atoms with Crippen LogP contribution in [0, 0.1) is 5.82 Å². The molecule has 0 bridgehead atoms. The van der Waals surface area contributed by atoms with Crippen molar-refractivity contribution < 1.29 is 9.13 Å². The molecule has 0 aromatic heterocycles. The number of morpholine rings is 1. The zero-order valence-electron chi connectivity index (χ0n) is 8.00. The van der Waals surface area contributed by atoms with Gasteiger partial charge in [-0.3, -0.25) is 0 Å². The van der Waals surface area contributed by atoms with Gasteiger partial charge in [-0.15, -0.1) is 0 Å². The van der Waals surface area contributed by atoms with E-state index in [-0.39, 0.29) is 11.9 Å². The van der Waals surface area contributed by atoms with Crippen LogP contribution < -0.4 is 5.32 Å². The maximum absolute atomic E-state index is 13.3. The quantitative estimate of drug-likeness (QED) is 0.769. The lowest BCUT2D eigenvalue weighted by Gasteiger charge is -2.23. The highest BCUT2D eigenvalue weighted by atomic mass is 19.1. The van der Waals surface area contributed by atoms with Crippen LogP contribution in [-0.2, 0) is 11.2 Å². The van der Waals surface area contributed by atoms with Gasteiger partial charge >= 0.3 is 0 Å². The molecule has 1 aromatic carbocycles. The largest absolute Gasteiger partial charge is 0.379 e. The molecule has 1 atom stereocenters. The van der Waals surface area contributed by atoms with E-state index in [1.165, 1.54) is 6.07 Å². The first kappa shape index (κ1) is 9.62. The number of hydrogen-bond donors (Lipinski definition) is 1. The average Bonchev–Trinajstić information content (AvgIpc) is 2.23. The summed E-state index contributed by atoms with van der Waals surface area (Å²) in [6.45, 7) is 2.29. The lowest BCUT2D eigenvalue weighted by Crippen LogP contribution is -2.42. The minimum atomic E-state index is -0.125. The van der Waals surface area contributed by atoms with E-state index in [4.69, 9.17) is 4.74 Å². The Morgan fingerprint density at radius 1 is 1.43 bits per heavy atom. The van der Waals surface area contributed by atoms with Crippen LogP contribution in [0.2, 0.25) is 0 Å². The van der Waals surface area contributed by atoms with Gasteiger partial charge in [0.05, 0.1) is 13.2 Å². The minimum Gasteiger partial charge on any atom is -0.379 e. The first-order valence-corrected chi connectivity index (χ1v) is 4.91. The van der Waals surface area contributed by atoms with Gasteiger partial charge in [-0.05, 0) is 18.1 Å². The second kappa shape index (κ2) is 4.53. The molecule has 1 aliphatic rings. The molecule has 14 heavy (non-hydrogen) atoms. The van der Waals surface area contributed by atoms with Crippen LogP contribution in [0.25, 0.3) is 0 Å². The molecule has 0 unspecified atom stereocenters. The van der Waals surface area contributed by atoms with Crippen molar-refractivity contribution in [2.24, 2.45) is 0 Å². The zero-order valence-corrected chi connectivity index (χ0v) is 8.00. The standard InChI is InChI=1S/C11H14FNO/c12-11-4-2-1-3-9(11)7-10-8-14-6-5-13-10/h1-4,10,13H,5-8H2/t10-/m1/s1. The van der Waals surface area contributed by atoms with Crippen molar-refractivity contribution in [3.63, 3.8) is 0 Å². The van der Waals surface area contributed by atoms with E-state index in [1.54, 1.807) is 6.07 Å². The van der Waals surface area contributed by atoms with Crippen molar-refractivity contribution in [3.8, 4) is 0 Å². The summed E-state index contributed by atoms with van der Waals surface area (Å²) in [6, 6.07) is 7.15. The van der Waals surface area contributed by atoms with Gasteiger partial charge in [0.1, 0.15) is 5.82 Å². The lowest BCUT2D eigenvalue weighted by atomic mass is 10.1.